The number of methoxy groups -OCH3 is 1. The van der Waals surface area contributed by atoms with Gasteiger partial charge in [0.15, 0.2) is 6.04 Å². The van der Waals surface area contributed by atoms with Gasteiger partial charge in [-0.05, 0) is 48.2 Å². The molecule has 32 heavy (non-hydrogen) atoms. The monoisotopic (exact) mass is 443 g/mol. The molecule has 3 aromatic rings. The topological polar surface area (TPSA) is 134 Å². The van der Waals surface area contributed by atoms with E-state index in [0.717, 1.165) is 15.4 Å². The van der Waals surface area contributed by atoms with Crippen LogP contribution in [-0.4, -0.2) is 61.5 Å². The quantitative estimate of drug-likeness (QED) is 0.496. The first-order chi connectivity index (χ1) is 15.3. The molecule has 170 valence electrons. The fourth-order valence-corrected chi connectivity index (χ4v) is 3.30. The van der Waals surface area contributed by atoms with Gasteiger partial charge in [-0.25, -0.2) is 14.6 Å². The van der Waals surface area contributed by atoms with Gasteiger partial charge in [-0.1, -0.05) is 19.9 Å². The predicted molar refractivity (Wildman–Crippen MR) is 114 cm³/mol. The Morgan fingerprint density at radius 2 is 2.03 bits per heavy atom. The molecular formula is C20H25N7O5. The van der Waals surface area contributed by atoms with E-state index in [1.165, 1.54) is 17.7 Å². The van der Waals surface area contributed by atoms with Crippen molar-refractivity contribution in [3.8, 4) is 11.4 Å². The van der Waals surface area contributed by atoms with Gasteiger partial charge >= 0.3 is 12.1 Å². The Labute approximate surface area is 183 Å². The van der Waals surface area contributed by atoms with Gasteiger partial charge in [0.05, 0.1) is 13.7 Å². The molecule has 0 aliphatic heterocycles. The number of esters is 1. The number of hydrogen-bond donors (Lipinski definition) is 0. The van der Waals surface area contributed by atoms with Crippen molar-refractivity contribution in [1.82, 2.24) is 29.7 Å². The number of aromatic nitrogens is 6. The Morgan fingerprint density at radius 1 is 1.28 bits per heavy atom. The highest BCUT2D eigenvalue weighted by molar-refractivity contribution is 5.89. The smallest absolute Gasteiger partial charge is 0.431 e. The van der Waals surface area contributed by atoms with Gasteiger partial charge in [0, 0.05) is 12.4 Å². The highest BCUT2D eigenvalue weighted by atomic mass is 16.6. The third-order valence-corrected chi connectivity index (χ3v) is 4.74. The van der Waals surface area contributed by atoms with Crippen LogP contribution >= 0.6 is 0 Å². The van der Waals surface area contributed by atoms with Crippen molar-refractivity contribution in [2.24, 2.45) is 5.92 Å². The second-order valence-corrected chi connectivity index (χ2v) is 7.47. The van der Waals surface area contributed by atoms with E-state index in [1.54, 1.807) is 19.2 Å². The van der Waals surface area contributed by atoms with E-state index in [9.17, 15) is 14.4 Å². The van der Waals surface area contributed by atoms with Gasteiger partial charge < -0.3 is 9.47 Å². The summed E-state index contributed by atoms with van der Waals surface area (Å²) in [4.78, 5) is 44.0. The van der Waals surface area contributed by atoms with Gasteiger partial charge in [0.25, 0.3) is 5.56 Å². The third-order valence-electron chi connectivity index (χ3n) is 4.74. The molecule has 3 rings (SSSR count). The van der Waals surface area contributed by atoms with Crippen molar-refractivity contribution in [2.45, 2.75) is 40.2 Å². The van der Waals surface area contributed by atoms with Gasteiger partial charge in [0.1, 0.15) is 11.2 Å². The fraction of sp³-hybridized carbons (Fsp3) is 0.450. The number of ether oxygens (including phenoxy) is 2. The molecule has 3 heterocycles. The molecule has 0 saturated heterocycles. The van der Waals surface area contributed by atoms with Crippen LogP contribution in [0.2, 0.25) is 0 Å². The lowest BCUT2D eigenvalue weighted by atomic mass is 10.0. The molecule has 0 N–H and O–H groups in total. The maximum Gasteiger partial charge on any atom is 0.431 e. The zero-order valence-corrected chi connectivity index (χ0v) is 18.6. The highest BCUT2D eigenvalue weighted by Crippen LogP contribution is 2.18. The number of carbonyl (C=O) groups is 2. The summed E-state index contributed by atoms with van der Waals surface area (Å²) in [6, 6.07) is 2.47. The van der Waals surface area contributed by atoms with Crippen molar-refractivity contribution in [1.29, 1.82) is 0 Å². The molecule has 1 unspecified atom stereocenters. The van der Waals surface area contributed by atoms with E-state index < -0.39 is 23.7 Å². The molecule has 0 spiro atoms. The number of hydrogen-bond acceptors (Lipinski definition) is 9. The van der Waals surface area contributed by atoms with Crippen LogP contribution in [0.25, 0.3) is 17.0 Å². The maximum absolute atomic E-state index is 13.2. The highest BCUT2D eigenvalue weighted by Gasteiger charge is 2.37. The Balaban J connectivity index is 2.18. The van der Waals surface area contributed by atoms with E-state index in [1.807, 2.05) is 26.8 Å². The molecule has 12 heteroatoms. The molecule has 0 saturated carbocycles. The number of amides is 1. The average Bonchev–Trinajstić information content (AvgIpc) is 3.23. The molecular weight excluding hydrogens is 418 g/mol. The van der Waals surface area contributed by atoms with Gasteiger partial charge in [0.2, 0.25) is 5.82 Å². The summed E-state index contributed by atoms with van der Waals surface area (Å²) < 4.78 is 11.4. The maximum atomic E-state index is 13.2. The molecule has 0 aliphatic carbocycles. The number of nitrogens with zero attached hydrogens (tertiary/aromatic N) is 7. The lowest BCUT2D eigenvalue weighted by Gasteiger charge is -2.29. The van der Waals surface area contributed by atoms with E-state index in [4.69, 9.17) is 9.47 Å². The Hall–Kier alpha value is -3.83. The minimum atomic E-state index is -1.08. The first-order valence-electron chi connectivity index (χ1n) is 10.1. The SMILES string of the molecule is CCOC(=O)C(CC(C)C)N(C(=O)OC)n1nnnc1-c1cnc2c(C)cccn2c1=O. The van der Waals surface area contributed by atoms with Crippen LogP contribution < -0.4 is 10.6 Å². The first kappa shape index (κ1) is 22.8. The minimum absolute atomic E-state index is 0.0208. The van der Waals surface area contributed by atoms with Gasteiger partial charge in [-0.3, -0.25) is 9.20 Å². The molecule has 3 aromatic heterocycles. The Kier molecular flexibility index (Phi) is 6.81. The Morgan fingerprint density at radius 3 is 2.69 bits per heavy atom. The Bertz CT molecular complexity index is 1190. The summed E-state index contributed by atoms with van der Waals surface area (Å²) in [5.41, 5.74) is 0.899. The van der Waals surface area contributed by atoms with E-state index in [2.05, 4.69) is 20.5 Å². The summed E-state index contributed by atoms with van der Waals surface area (Å²) in [5, 5.41) is 12.4. The second-order valence-electron chi connectivity index (χ2n) is 7.47. The summed E-state index contributed by atoms with van der Waals surface area (Å²) >= 11 is 0. The minimum Gasteiger partial charge on any atom is -0.464 e. The average molecular weight is 443 g/mol. The van der Waals surface area contributed by atoms with Crippen LogP contribution in [0, 0.1) is 12.8 Å². The molecule has 1 amide bonds. The predicted octanol–water partition coefficient (Wildman–Crippen LogP) is 1.34. The number of fused-ring (bicyclic) bond motifs is 1. The molecule has 0 aliphatic rings. The summed E-state index contributed by atoms with van der Waals surface area (Å²) in [5.74, 6) is -0.689. The number of aryl methyl sites for hydroxylation is 1. The van der Waals surface area contributed by atoms with E-state index in [0.29, 0.717) is 5.65 Å². The number of rotatable bonds is 7. The molecule has 0 aromatic carbocycles. The lowest BCUT2D eigenvalue weighted by molar-refractivity contribution is -0.145. The van der Waals surface area contributed by atoms with Crippen LogP contribution in [0.1, 0.15) is 32.8 Å². The normalized spacial score (nSPS) is 12.1. The second kappa shape index (κ2) is 9.54. The van der Waals surface area contributed by atoms with Crippen LogP contribution in [-0.2, 0) is 14.3 Å². The molecule has 0 radical (unpaired) electrons. The molecule has 0 fully saturated rings. The van der Waals surface area contributed by atoms with E-state index >= 15 is 0 Å². The zero-order chi connectivity index (χ0) is 23.4. The summed E-state index contributed by atoms with van der Waals surface area (Å²) in [7, 11) is 1.17. The van der Waals surface area contributed by atoms with E-state index in [-0.39, 0.29) is 30.3 Å². The number of tetrazole rings is 1. The molecule has 0 bridgehead atoms. The molecule has 12 nitrogen and oxygen atoms in total. The van der Waals surface area contributed by atoms with Crippen molar-refractivity contribution in [3.63, 3.8) is 0 Å². The van der Waals surface area contributed by atoms with Crippen molar-refractivity contribution in [3.05, 3.63) is 40.4 Å². The van der Waals surface area contributed by atoms with Crippen LogP contribution in [0.3, 0.4) is 0 Å². The summed E-state index contributed by atoms with van der Waals surface area (Å²) in [6.45, 7) is 7.41. The van der Waals surface area contributed by atoms with Crippen LogP contribution in [0.5, 0.6) is 0 Å². The number of pyridine rings is 1. The van der Waals surface area contributed by atoms with Gasteiger partial charge in [-0.15, -0.1) is 9.89 Å². The van der Waals surface area contributed by atoms with Crippen molar-refractivity contribution < 1.29 is 19.1 Å². The fourth-order valence-electron chi connectivity index (χ4n) is 3.30. The largest absolute Gasteiger partial charge is 0.464 e. The van der Waals surface area contributed by atoms with Crippen LogP contribution in [0.4, 0.5) is 4.79 Å². The number of carbonyl (C=O) groups excluding carboxylic acids is 2. The van der Waals surface area contributed by atoms with Crippen molar-refractivity contribution >= 4 is 17.7 Å². The van der Waals surface area contributed by atoms with Crippen molar-refractivity contribution in [2.75, 3.05) is 18.7 Å². The summed E-state index contributed by atoms with van der Waals surface area (Å²) in [6.07, 6.45) is 2.28. The molecule has 1 atom stereocenters. The lowest BCUT2D eigenvalue weighted by Crippen LogP contribution is -2.54. The zero-order valence-electron chi connectivity index (χ0n) is 18.6. The van der Waals surface area contributed by atoms with Gasteiger partial charge in [-0.2, -0.15) is 5.01 Å². The standard InChI is InChI=1S/C20H25N7O5/c1-6-32-19(29)15(10-12(2)3)26(20(30)31-5)27-17(22-23-24-27)14-11-21-16-13(4)8-7-9-25(16)18(14)28/h7-9,11-12,15H,6,10H2,1-5H3. The first-order valence-corrected chi connectivity index (χ1v) is 10.1. The van der Waals surface area contributed by atoms with Crippen LogP contribution in [0.15, 0.2) is 29.3 Å². The third kappa shape index (κ3) is 4.29.